The van der Waals surface area contributed by atoms with Gasteiger partial charge in [-0.15, -0.1) is 0 Å². The molecule has 0 unspecified atom stereocenters. The molecule has 0 aliphatic heterocycles. The summed E-state index contributed by atoms with van der Waals surface area (Å²) in [6, 6.07) is 7.70. The number of methoxy groups -OCH3 is 1. The maximum absolute atomic E-state index is 11.1. The number of benzene rings is 1. The van der Waals surface area contributed by atoms with Gasteiger partial charge in [0.1, 0.15) is 11.3 Å². The first-order valence-electron chi connectivity index (χ1n) is 7.99. The lowest BCUT2D eigenvalue weighted by Gasteiger charge is -2.23. The van der Waals surface area contributed by atoms with Crippen LogP contribution in [0.4, 0.5) is 11.6 Å². The van der Waals surface area contributed by atoms with Gasteiger partial charge < -0.3 is 19.9 Å². The Morgan fingerprint density at radius 2 is 2.24 bits per heavy atom. The van der Waals surface area contributed by atoms with E-state index in [0.717, 1.165) is 23.4 Å². The number of carbonyl (C=O) groups excluding carboxylic acids is 1. The highest BCUT2D eigenvalue weighted by Crippen LogP contribution is 2.26. The van der Waals surface area contributed by atoms with Crippen molar-refractivity contribution in [1.29, 1.82) is 0 Å². The van der Waals surface area contributed by atoms with Crippen molar-refractivity contribution in [1.82, 2.24) is 25.3 Å². The first kappa shape index (κ1) is 16.7. The molecule has 8 nitrogen and oxygen atoms in total. The van der Waals surface area contributed by atoms with Gasteiger partial charge >= 0.3 is 0 Å². The molecule has 1 amide bonds. The maximum Gasteiger partial charge on any atom is 0.232 e. The number of nitrogens with zero attached hydrogens (tertiary/aromatic N) is 4. The summed E-state index contributed by atoms with van der Waals surface area (Å²) in [5.74, 6) is 1.27. The van der Waals surface area contributed by atoms with Gasteiger partial charge in [-0.25, -0.2) is 9.97 Å². The van der Waals surface area contributed by atoms with Crippen molar-refractivity contribution < 1.29 is 9.53 Å². The van der Waals surface area contributed by atoms with Crippen molar-refractivity contribution >= 4 is 28.7 Å². The highest BCUT2D eigenvalue weighted by Gasteiger charge is 2.14. The van der Waals surface area contributed by atoms with Gasteiger partial charge in [-0.3, -0.25) is 4.79 Å². The molecular formula is C17H20N6O2. The molecule has 0 aliphatic rings. The van der Waals surface area contributed by atoms with Crippen molar-refractivity contribution in [2.24, 2.45) is 0 Å². The Morgan fingerprint density at radius 1 is 1.36 bits per heavy atom. The van der Waals surface area contributed by atoms with Crippen LogP contribution in [0, 0.1) is 0 Å². The van der Waals surface area contributed by atoms with Crippen LogP contribution in [0.2, 0.25) is 0 Å². The lowest BCUT2D eigenvalue weighted by Crippen LogP contribution is -2.27. The highest BCUT2D eigenvalue weighted by atomic mass is 16.5. The molecule has 0 saturated heterocycles. The second kappa shape index (κ2) is 7.61. The standard InChI is InChI=1S/C17H20N6O2/c1-12(24)18-7-4-8-23(13-5-3-6-14(9-13)25-2)17-19-10-15-16(22-17)21-11-20-15/h3,5-6,9-11H,4,7-8H2,1-2H3,(H,18,24)(H,19,20,21,22). The van der Waals surface area contributed by atoms with E-state index >= 15 is 0 Å². The van der Waals surface area contributed by atoms with E-state index in [4.69, 9.17) is 4.74 Å². The fourth-order valence-corrected chi connectivity index (χ4v) is 2.48. The minimum absolute atomic E-state index is 0.0397. The quantitative estimate of drug-likeness (QED) is 0.639. The van der Waals surface area contributed by atoms with Crippen molar-refractivity contribution in [3.05, 3.63) is 36.8 Å². The van der Waals surface area contributed by atoms with Crippen LogP contribution in [0.25, 0.3) is 11.2 Å². The Labute approximate surface area is 145 Å². The van der Waals surface area contributed by atoms with Gasteiger partial charge in [-0.2, -0.15) is 4.98 Å². The Balaban J connectivity index is 1.88. The van der Waals surface area contributed by atoms with E-state index in [1.54, 1.807) is 19.6 Å². The summed E-state index contributed by atoms with van der Waals surface area (Å²) in [4.78, 5) is 29.2. The van der Waals surface area contributed by atoms with Crippen LogP contribution in [0.5, 0.6) is 5.75 Å². The number of anilines is 2. The molecule has 2 N–H and O–H groups in total. The second-order valence-electron chi connectivity index (χ2n) is 5.50. The SMILES string of the molecule is COc1cccc(N(CCCNC(C)=O)c2ncc3[nH]cnc3n2)c1. The number of hydrogen-bond donors (Lipinski definition) is 2. The normalized spacial score (nSPS) is 10.6. The number of carbonyl (C=O) groups is 1. The van der Waals surface area contributed by atoms with E-state index in [0.29, 0.717) is 24.7 Å². The maximum atomic E-state index is 11.1. The molecule has 130 valence electrons. The first-order chi connectivity index (χ1) is 12.2. The number of H-pyrrole nitrogens is 1. The number of ether oxygens (including phenoxy) is 1. The van der Waals surface area contributed by atoms with Gasteiger partial charge in [0.05, 0.1) is 19.6 Å². The van der Waals surface area contributed by atoms with Crippen LogP contribution >= 0.6 is 0 Å². The molecule has 0 saturated carbocycles. The molecule has 0 spiro atoms. The predicted molar refractivity (Wildman–Crippen MR) is 95.0 cm³/mol. The number of rotatable bonds is 7. The fourth-order valence-electron chi connectivity index (χ4n) is 2.48. The summed E-state index contributed by atoms with van der Waals surface area (Å²) >= 11 is 0. The molecule has 2 heterocycles. The van der Waals surface area contributed by atoms with Gasteiger partial charge in [-0.05, 0) is 18.6 Å². The van der Waals surface area contributed by atoms with Crippen molar-refractivity contribution in [3.63, 3.8) is 0 Å². The Morgan fingerprint density at radius 3 is 3.04 bits per heavy atom. The van der Waals surface area contributed by atoms with Gasteiger partial charge in [0.25, 0.3) is 0 Å². The number of fused-ring (bicyclic) bond motifs is 1. The molecule has 25 heavy (non-hydrogen) atoms. The zero-order valence-corrected chi connectivity index (χ0v) is 14.2. The van der Waals surface area contributed by atoms with Crippen LogP contribution < -0.4 is 15.0 Å². The number of aromatic nitrogens is 4. The van der Waals surface area contributed by atoms with Gasteiger partial charge in [0.2, 0.25) is 11.9 Å². The largest absolute Gasteiger partial charge is 0.497 e. The van der Waals surface area contributed by atoms with Crippen LogP contribution in [0.1, 0.15) is 13.3 Å². The molecule has 0 bridgehead atoms. The summed E-state index contributed by atoms with van der Waals surface area (Å²) in [6.45, 7) is 2.73. The molecule has 0 fully saturated rings. The fraction of sp³-hybridized carbons (Fsp3) is 0.294. The minimum Gasteiger partial charge on any atom is -0.497 e. The van der Waals surface area contributed by atoms with Crippen molar-refractivity contribution in [2.75, 3.05) is 25.1 Å². The minimum atomic E-state index is -0.0397. The number of nitrogens with one attached hydrogen (secondary N) is 2. The third-order valence-electron chi connectivity index (χ3n) is 3.70. The van der Waals surface area contributed by atoms with E-state index < -0.39 is 0 Å². The molecule has 2 aromatic heterocycles. The molecule has 3 rings (SSSR count). The van der Waals surface area contributed by atoms with Crippen LogP contribution in [0.15, 0.2) is 36.8 Å². The summed E-state index contributed by atoms with van der Waals surface area (Å²) in [7, 11) is 1.63. The highest BCUT2D eigenvalue weighted by molar-refractivity contribution is 5.73. The third-order valence-corrected chi connectivity index (χ3v) is 3.70. The summed E-state index contributed by atoms with van der Waals surface area (Å²) < 4.78 is 5.31. The number of imidazole rings is 1. The van der Waals surface area contributed by atoms with E-state index in [-0.39, 0.29) is 5.91 Å². The Kier molecular flexibility index (Phi) is 5.08. The predicted octanol–water partition coefficient (Wildman–Crippen LogP) is 2.03. The zero-order chi connectivity index (χ0) is 17.6. The average Bonchev–Trinajstić information content (AvgIpc) is 3.09. The Bertz CT molecular complexity index is 863. The molecule has 0 radical (unpaired) electrons. The lowest BCUT2D eigenvalue weighted by molar-refractivity contribution is -0.118. The molecule has 8 heteroatoms. The van der Waals surface area contributed by atoms with E-state index in [1.165, 1.54) is 6.92 Å². The molecule has 3 aromatic rings. The molecule has 1 aromatic carbocycles. The Hall–Kier alpha value is -3.16. The lowest BCUT2D eigenvalue weighted by atomic mass is 10.2. The number of aromatic amines is 1. The van der Waals surface area contributed by atoms with Gasteiger partial charge in [-0.1, -0.05) is 6.07 Å². The second-order valence-corrected chi connectivity index (χ2v) is 5.50. The van der Waals surface area contributed by atoms with Crippen LogP contribution in [-0.4, -0.2) is 46.0 Å². The smallest absolute Gasteiger partial charge is 0.232 e. The van der Waals surface area contributed by atoms with E-state index in [1.807, 2.05) is 29.2 Å². The van der Waals surface area contributed by atoms with Gasteiger partial charge in [0.15, 0.2) is 5.65 Å². The third kappa shape index (κ3) is 4.03. The van der Waals surface area contributed by atoms with E-state index in [9.17, 15) is 4.79 Å². The van der Waals surface area contributed by atoms with Gasteiger partial charge in [0, 0.05) is 31.8 Å². The van der Waals surface area contributed by atoms with Crippen molar-refractivity contribution in [2.45, 2.75) is 13.3 Å². The summed E-state index contributed by atoms with van der Waals surface area (Å²) in [6.07, 6.45) is 4.06. The van der Waals surface area contributed by atoms with Crippen molar-refractivity contribution in [3.8, 4) is 5.75 Å². The molecule has 0 atom stereocenters. The van der Waals surface area contributed by atoms with E-state index in [2.05, 4.69) is 25.3 Å². The van der Waals surface area contributed by atoms with Crippen LogP contribution in [-0.2, 0) is 4.79 Å². The number of amides is 1. The monoisotopic (exact) mass is 340 g/mol. The van der Waals surface area contributed by atoms with Crippen LogP contribution in [0.3, 0.4) is 0 Å². The average molecular weight is 340 g/mol. The molecular weight excluding hydrogens is 320 g/mol. The summed E-state index contributed by atoms with van der Waals surface area (Å²) in [5, 5.41) is 2.80. The molecule has 0 aliphatic carbocycles. The topological polar surface area (TPSA) is 96.0 Å². The first-order valence-corrected chi connectivity index (χ1v) is 7.99. The zero-order valence-electron chi connectivity index (χ0n) is 14.2. The number of hydrogen-bond acceptors (Lipinski definition) is 6. The summed E-state index contributed by atoms with van der Waals surface area (Å²) in [5.41, 5.74) is 2.31.